The molecular formula is C19H23ClN4O3. The first-order chi connectivity index (χ1) is 13.1. The molecule has 3 rings (SSSR count). The van der Waals surface area contributed by atoms with Gasteiger partial charge >= 0.3 is 5.97 Å². The van der Waals surface area contributed by atoms with Crippen molar-refractivity contribution < 1.29 is 14.6 Å². The smallest absolute Gasteiger partial charge is 0.343 e. The maximum atomic E-state index is 12.3. The molecule has 8 heteroatoms. The number of halogens is 1. The van der Waals surface area contributed by atoms with E-state index in [9.17, 15) is 9.90 Å². The molecular weight excluding hydrogens is 368 g/mol. The molecule has 1 aliphatic rings. The number of hydrogen-bond acceptors (Lipinski definition) is 7. The van der Waals surface area contributed by atoms with E-state index >= 15 is 0 Å². The summed E-state index contributed by atoms with van der Waals surface area (Å²) in [7, 11) is 0. The Morgan fingerprint density at radius 3 is 3.07 bits per heavy atom. The van der Waals surface area contributed by atoms with E-state index in [1.54, 1.807) is 13.0 Å². The molecule has 144 valence electrons. The maximum absolute atomic E-state index is 12.3. The summed E-state index contributed by atoms with van der Waals surface area (Å²) < 4.78 is 5.11. The van der Waals surface area contributed by atoms with Gasteiger partial charge in [-0.25, -0.2) is 9.78 Å². The first kappa shape index (κ1) is 19.4. The van der Waals surface area contributed by atoms with E-state index in [2.05, 4.69) is 15.3 Å². The van der Waals surface area contributed by atoms with Gasteiger partial charge in [0.15, 0.2) is 0 Å². The molecule has 2 N–H and O–H groups in total. The summed E-state index contributed by atoms with van der Waals surface area (Å²) >= 11 is 6.04. The molecule has 1 atom stereocenters. The lowest BCUT2D eigenvalue weighted by molar-refractivity contribution is 0.0526. The van der Waals surface area contributed by atoms with Crippen LogP contribution >= 0.6 is 11.6 Å². The monoisotopic (exact) mass is 390 g/mol. The van der Waals surface area contributed by atoms with Crippen molar-refractivity contribution in [2.75, 3.05) is 30.0 Å². The van der Waals surface area contributed by atoms with Crippen LogP contribution in [-0.2, 0) is 11.3 Å². The van der Waals surface area contributed by atoms with Crippen molar-refractivity contribution in [3.63, 3.8) is 0 Å². The second-order valence-electron chi connectivity index (χ2n) is 6.31. The van der Waals surface area contributed by atoms with Crippen LogP contribution in [0.1, 0.15) is 35.7 Å². The Morgan fingerprint density at radius 1 is 1.48 bits per heavy atom. The highest BCUT2D eigenvalue weighted by Crippen LogP contribution is 2.25. The molecule has 7 nitrogen and oxygen atoms in total. The zero-order valence-corrected chi connectivity index (χ0v) is 15.9. The molecule has 2 heterocycles. The van der Waals surface area contributed by atoms with E-state index in [4.69, 9.17) is 16.3 Å². The minimum Gasteiger partial charge on any atom is -0.462 e. The third-order valence-electron chi connectivity index (χ3n) is 4.47. The van der Waals surface area contributed by atoms with E-state index in [1.807, 2.05) is 23.1 Å². The molecule has 1 fully saturated rings. The number of aliphatic hydroxyl groups excluding tert-OH is 1. The van der Waals surface area contributed by atoms with Crippen molar-refractivity contribution in [1.29, 1.82) is 0 Å². The Kier molecular flexibility index (Phi) is 6.47. The number of nitrogens with zero attached hydrogens (tertiary/aromatic N) is 3. The number of benzene rings is 1. The fourth-order valence-electron chi connectivity index (χ4n) is 3.13. The van der Waals surface area contributed by atoms with E-state index in [-0.39, 0.29) is 24.8 Å². The Bertz CT molecular complexity index is 802. The van der Waals surface area contributed by atoms with Crippen molar-refractivity contribution in [1.82, 2.24) is 9.97 Å². The minimum absolute atomic E-state index is 0.000719. The average molecular weight is 391 g/mol. The first-order valence-electron chi connectivity index (χ1n) is 9.02. The Hall–Kier alpha value is -2.38. The second-order valence-corrected chi connectivity index (χ2v) is 6.74. The molecule has 0 bridgehead atoms. The Balaban J connectivity index is 1.87. The number of esters is 1. The SMILES string of the molecule is CCOC(=O)c1cnc(N2CCC[C@H]2CO)nc1NCc1cccc(Cl)c1. The molecule has 0 radical (unpaired) electrons. The van der Waals surface area contributed by atoms with Gasteiger partial charge in [0.25, 0.3) is 0 Å². The topological polar surface area (TPSA) is 87.6 Å². The van der Waals surface area contributed by atoms with E-state index in [0.29, 0.717) is 23.3 Å². The van der Waals surface area contributed by atoms with Crippen LogP contribution in [0.5, 0.6) is 0 Å². The molecule has 27 heavy (non-hydrogen) atoms. The van der Waals surface area contributed by atoms with Gasteiger partial charge < -0.3 is 20.1 Å². The van der Waals surface area contributed by atoms with Gasteiger partial charge in [-0.05, 0) is 37.5 Å². The van der Waals surface area contributed by atoms with Gasteiger partial charge in [-0.15, -0.1) is 0 Å². The summed E-state index contributed by atoms with van der Waals surface area (Å²) in [5, 5.41) is 13.4. The third-order valence-corrected chi connectivity index (χ3v) is 4.70. The molecule has 0 aliphatic carbocycles. The molecule has 0 spiro atoms. The molecule has 1 aromatic carbocycles. The van der Waals surface area contributed by atoms with E-state index in [1.165, 1.54) is 6.20 Å². The number of ether oxygens (including phenoxy) is 1. The maximum Gasteiger partial charge on any atom is 0.343 e. The van der Waals surface area contributed by atoms with Crippen LogP contribution in [-0.4, -0.2) is 46.8 Å². The van der Waals surface area contributed by atoms with Gasteiger partial charge in [0.2, 0.25) is 5.95 Å². The van der Waals surface area contributed by atoms with Gasteiger partial charge in [0.1, 0.15) is 11.4 Å². The number of carbonyl (C=O) groups is 1. The predicted molar refractivity (Wildman–Crippen MR) is 104 cm³/mol. The van der Waals surface area contributed by atoms with E-state index < -0.39 is 5.97 Å². The lowest BCUT2D eigenvalue weighted by atomic mass is 10.2. The highest BCUT2D eigenvalue weighted by molar-refractivity contribution is 6.30. The fraction of sp³-hybridized carbons (Fsp3) is 0.421. The number of rotatable bonds is 7. The van der Waals surface area contributed by atoms with Crippen molar-refractivity contribution >= 4 is 29.3 Å². The summed E-state index contributed by atoms with van der Waals surface area (Å²) in [6.07, 6.45) is 3.34. The van der Waals surface area contributed by atoms with Crippen LogP contribution in [0.3, 0.4) is 0 Å². The van der Waals surface area contributed by atoms with Crippen LogP contribution in [0, 0.1) is 0 Å². The highest BCUT2D eigenvalue weighted by atomic mass is 35.5. The van der Waals surface area contributed by atoms with Crippen molar-refractivity contribution in [3.05, 3.63) is 46.6 Å². The largest absolute Gasteiger partial charge is 0.462 e. The molecule has 1 aromatic heterocycles. The second kappa shape index (κ2) is 9.01. The predicted octanol–water partition coefficient (Wildman–Crippen LogP) is 2.88. The van der Waals surface area contributed by atoms with Gasteiger partial charge in [-0.3, -0.25) is 0 Å². The average Bonchev–Trinajstić information content (AvgIpc) is 3.15. The van der Waals surface area contributed by atoms with Crippen LogP contribution in [0.4, 0.5) is 11.8 Å². The number of hydrogen-bond donors (Lipinski definition) is 2. The number of carbonyl (C=O) groups excluding carboxylic acids is 1. The summed E-state index contributed by atoms with van der Waals surface area (Å²) in [6.45, 7) is 3.30. The summed E-state index contributed by atoms with van der Waals surface area (Å²) in [6, 6.07) is 7.46. The minimum atomic E-state index is -0.474. The summed E-state index contributed by atoms with van der Waals surface area (Å²) in [5.74, 6) is 0.424. The van der Waals surface area contributed by atoms with Gasteiger partial charge in [0.05, 0.1) is 19.3 Å². The van der Waals surface area contributed by atoms with Crippen LogP contribution in [0.15, 0.2) is 30.5 Å². The van der Waals surface area contributed by atoms with Crippen molar-refractivity contribution in [2.45, 2.75) is 32.4 Å². The lowest BCUT2D eigenvalue weighted by Gasteiger charge is -2.23. The molecule has 1 saturated heterocycles. The molecule has 0 saturated carbocycles. The number of aliphatic hydroxyl groups is 1. The molecule has 0 amide bonds. The molecule has 0 unspecified atom stereocenters. The fourth-order valence-corrected chi connectivity index (χ4v) is 3.34. The molecule has 2 aromatic rings. The quantitative estimate of drug-likeness (QED) is 0.703. The molecule has 1 aliphatic heterocycles. The van der Waals surface area contributed by atoms with Gasteiger partial charge in [-0.1, -0.05) is 23.7 Å². The van der Waals surface area contributed by atoms with Crippen LogP contribution in [0.2, 0.25) is 5.02 Å². The first-order valence-corrected chi connectivity index (χ1v) is 9.40. The Labute approximate surface area is 163 Å². The normalized spacial score (nSPS) is 16.4. The van der Waals surface area contributed by atoms with Crippen molar-refractivity contribution in [2.24, 2.45) is 0 Å². The zero-order valence-electron chi connectivity index (χ0n) is 15.2. The lowest BCUT2D eigenvalue weighted by Crippen LogP contribution is -2.33. The Morgan fingerprint density at radius 2 is 2.33 bits per heavy atom. The van der Waals surface area contributed by atoms with Gasteiger partial charge in [-0.2, -0.15) is 4.98 Å². The van der Waals surface area contributed by atoms with Crippen LogP contribution < -0.4 is 10.2 Å². The highest BCUT2D eigenvalue weighted by Gasteiger charge is 2.27. The third kappa shape index (κ3) is 4.67. The van der Waals surface area contributed by atoms with Gasteiger partial charge in [0, 0.05) is 24.3 Å². The zero-order chi connectivity index (χ0) is 19.2. The summed E-state index contributed by atoms with van der Waals surface area (Å²) in [5.41, 5.74) is 1.24. The standard InChI is InChI=1S/C19H23ClN4O3/c1-2-27-18(26)16-11-22-19(24-8-4-7-15(24)12-25)23-17(16)21-10-13-5-3-6-14(20)9-13/h3,5-6,9,11,15,25H,2,4,7-8,10,12H2,1H3,(H,21,22,23)/t15-/m0/s1. The number of nitrogens with one attached hydrogen (secondary N) is 1. The van der Waals surface area contributed by atoms with Crippen molar-refractivity contribution in [3.8, 4) is 0 Å². The van der Waals surface area contributed by atoms with E-state index in [0.717, 1.165) is 24.9 Å². The number of aromatic nitrogens is 2. The van der Waals surface area contributed by atoms with Crippen LogP contribution in [0.25, 0.3) is 0 Å². The summed E-state index contributed by atoms with van der Waals surface area (Å²) in [4.78, 5) is 23.1. The number of anilines is 2.